The normalized spacial score (nSPS) is 10.3. The number of hydrogen-bond acceptors (Lipinski definition) is 2. The fourth-order valence-electron chi connectivity index (χ4n) is 2.39. The van der Waals surface area contributed by atoms with Gasteiger partial charge in [-0.05, 0) is 24.0 Å². The van der Waals surface area contributed by atoms with Crippen LogP contribution in [0, 0.1) is 0 Å². The lowest BCUT2D eigenvalue weighted by Gasteiger charge is -2.16. The minimum Gasteiger partial charge on any atom is -0.272 e. The molecule has 0 heterocycles. The molecule has 0 aliphatic rings. The van der Waals surface area contributed by atoms with E-state index >= 15 is 0 Å². The van der Waals surface area contributed by atoms with E-state index < -0.39 is 0 Å². The summed E-state index contributed by atoms with van der Waals surface area (Å²) in [6.07, 6.45) is 1.69. The minimum absolute atomic E-state index is 0.100. The summed E-state index contributed by atoms with van der Waals surface area (Å²) in [4.78, 5) is 12.7. The number of benzene rings is 2. The number of amides is 1. The van der Waals surface area contributed by atoms with Gasteiger partial charge in [0.25, 0.3) is 5.91 Å². The molecular weight excluding hydrogens is 272 g/mol. The van der Waals surface area contributed by atoms with Crippen molar-refractivity contribution in [2.75, 3.05) is 0 Å². The van der Waals surface area contributed by atoms with Gasteiger partial charge in [0.2, 0.25) is 0 Å². The van der Waals surface area contributed by atoms with Crippen LogP contribution in [0.4, 0.5) is 0 Å². The van der Waals surface area contributed by atoms with Crippen LogP contribution in [-0.4, -0.2) is 11.6 Å². The zero-order chi connectivity index (χ0) is 15.8. The molecule has 0 aliphatic carbocycles. The van der Waals surface area contributed by atoms with E-state index in [-0.39, 0.29) is 11.8 Å². The zero-order valence-corrected chi connectivity index (χ0v) is 13.1. The topological polar surface area (TPSA) is 41.5 Å². The molecule has 0 radical (unpaired) electrons. The van der Waals surface area contributed by atoms with E-state index in [1.165, 1.54) is 0 Å². The lowest BCUT2D eigenvalue weighted by molar-refractivity contribution is -0.121. The molecule has 0 saturated heterocycles. The molecule has 3 heteroatoms. The Morgan fingerprint density at radius 1 is 0.909 bits per heavy atom. The third-order valence-corrected chi connectivity index (χ3v) is 3.67. The Kier molecular flexibility index (Phi) is 5.90. The van der Waals surface area contributed by atoms with E-state index in [2.05, 4.69) is 10.5 Å². The highest BCUT2D eigenvalue weighted by Gasteiger charge is 2.22. The van der Waals surface area contributed by atoms with Crippen molar-refractivity contribution in [3.8, 4) is 0 Å². The molecular formula is C19H22N2O. The summed E-state index contributed by atoms with van der Waals surface area (Å²) >= 11 is 0. The van der Waals surface area contributed by atoms with Gasteiger partial charge in [0.05, 0.1) is 5.92 Å². The van der Waals surface area contributed by atoms with Gasteiger partial charge in [-0.1, -0.05) is 74.5 Å². The van der Waals surface area contributed by atoms with E-state index in [1.54, 1.807) is 0 Å². The Hall–Kier alpha value is -2.42. The standard InChI is InChI=1S/C19H22N2O/c1-3-17(4-2)20-21-19(22)18(15-11-7-5-8-12-15)16-13-9-6-10-14-16/h5-14,18H,3-4H2,1-2H3,(H,21,22). The summed E-state index contributed by atoms with van der Waals surface area (Å²) in [7, 11) is 0. The first-order chi connectivity index (χ1) is 10.8. The lowest BCUT2D eigenvalue weighted by atomic mass is 9.91. The number of nitrogens with zero attached hydrogens (tertiary/aromatic N) is 1. The maximum Gasteiger partial charge on any atom is 0.252 e. The van der Waals surface area contributed by atoms with E-state index in [4.69, 9.17) is 0 Å². The molecule has 0 atom stereocenters. The first-order valence-corrected chi connectivity index (χ1v) is 7.71. The molecule has 1 N–H and O–H groups in total. The van der Waals surface area contributed by atoms with Crippen molar-refractivity contribution in [2.24, 2.45) is 5.10 Å². The monoisotopic (exact) mass is 294 g/mol. The maximum atomic E-state index is 12.7. The van der Waals surface area contributed by atoms with Crippen LogP contribution in [0.3, 0.4) is 0 Å². The van der Waals surface area contributed by atoms with Crippen molar-refractivity contribution in [3.63, 3.8) is 0 Å². The number of rotatable bonds is 6. The molecule has 2 aromatic carbocycles. The fourth-order valence-corrected chi connectivity index (χ4v) is 2.39. The van der Waals surface area contributed by atoms with Crippen LogP contribution in [0.15, 0.2) is 65.8 Å². The Morgan fingerprint density at radius 2 is 1.36 bits per heavy atom. The first kappa shape index (κ1) is 16.0. The largest absolute Gasteiger partial charge is 0.272 e. The van der Waals surface area contributed by atoms with Gasteiger partial charge < -0.3 is 0 Å². The van der Waals surface area contributed by atoms with Crippen LogP contribution in [-0.2, 0) is 4.79 Å². The molecule has 22 heavy (non-hydrogen) atoms. The smallest absolute Gasteiger partial charge is 0.252 e. The lowest BCUT2D eigenvalue weighted by Crippen LogP contribution is -2.27. The predicted molar refractivity (Wildman–Crippen MR) is 90.9 cm³/mol. The van der Waals surface area contributed by atoms with Crippen molar-refractivity contribution in [1.29, 1.82) is 0 Å². The molecule has 0 unspecified atom stereocenters. The molecule has 114 valence electrons. The highest BCUT2D eigenvalue weighted by Crippen LogP contribution is 2.24. The second-order valence-electron chi connectivity index (χ2n) is 5.12. The van der Waals surface area contributed by atoms with Crippen LogP contribution in [0.5, 0.6) is 0 Å². The molecule has 0 bridgehead atoms. The second-order valence-corrected chi connectivity index (χ2v) is 5.12. The molecule has 0 spiro atoms. The van der Waals surface area contributed by atoms with Crippen molar-refractivity contribution in [2.45, 2.75) is 32.6 Å². The first-order valence-electron chi connectivity index (χ1n) is 7.71. The summed E-state index contributed by atoms with van der Waals surface area (Å²) in [5, 5.41) is 4.25. The highest BCUT2D eigenvalue weighted by atomic mass is 16.2. The van der Waals surface area contributed by atoms with Crippen molar-refractivity contribution in [1.82, 2.24) is 5.43 Å². The van der Waals surface area contributed by atoms with Gasteiger partial charge in [-0.25, -0.2) is 5.43 Å². The van der Waals surface area contributed by atoms with Crippen LogP contribution >= 0.6 is 0 Å². The average Bonchev–Trinajstić information content (AvgIpc) is 2.58. The second kappa shape index (κ2) is 8.13. The Morgan fingerprint density at radius 3 is 1.77 bits per heavy atom. The van der Waals surface area contributed by atoms with Crippen LogP contribution in [0.1, 0.15) is 43.7 Å². The molecule has 3 nitrogen and oxygen atoms in total. The zero-order valence-electron chi connectivity index (χ0n) is 13.1. The quantitative estimate of drug-likeness (QED) is 0.632. The summed E-state index contributed by atoms with van der Waals surface area (Å²) in [5.74, 6) is -0.446. The number of hydrogen-bond donors (Lipinski definition) is 1. The fraction of sp³-hybridized carbons (Fsp3) is 0.263. The van der Waals surface area contributed by atoms with E-state index in [0.717, 1.165) is 29.7 Å². The third kappa shape index (κ3) is 4.04. The van der Waals surface area contributed by atoms with Gasteiger partial charge in [0, 0.05) is 5.71 Å². The molecule has 0 fully saturated rings. The van der Waals surface area contributed by atoms with Crippen molar-refractivity contribution < 1.29 is 4.79 Å². The molecule has 0 saturated carbocycles. The number of carbonyl (C=O) groups excluding carboxylic acids is 1. The van der Waals surface area contributed by atoms with Crippen molar-refractivity contribution in [3.05, 3.63) is 71.8 Å². The van der Waals surface area contributed by atoms with Gasteiger partial charge in [-0.2, -0.15) is 5.10 Å². The summed E-state index contributed by atoms with van der Waals surface area (Å²) in [5.41, 5.74) is 5.66. The molecule has 2 aromatic rings. The molecule has 2 rings (SSSR count). The van der Waals surface area contributed by atoms with Gasteiger partial charge in [-0.3, -0.25) is 4.79 Å². The minimum atomic E-state index is -0.346. The van der Waals surface area contributed by atoms with E-state index in [0.29, 0.717) is 0 Å². The average molecular weight is 294 g/mol. The Bertz CT molecular complexity index is 575. The molecule has 1 amide bonds. The summed E-state index contributed by atoms with van der Waals surface area (Å²) in [6, 6.07) is 19.6. The summed E-state index contributed by atoms with van der Waals surface area (Å²) in [6.45, 7) is 4.08. The van der Waals surface area contributed by atoms with Crippen LogP contribution in [0.2, 0.25) is 0 Å². The maximum absolute atomic E-state index is 12.7. The molecule has 0 aromatic heterocycles. The SMILES string of the molecule is CCC(CC)=NNC(=O)C(c1ccccc1)c1ccccc1. The third-order valence-electron chi connectivity index (χ3n) is 3.67. The number of hydrazone groups is 1. The van der Waals surface area contributed by atoms with Gasteiger partial charge in [-0.15, -0.1) is 0 Å². The molecule has 0 aliphatic heterocycles. The number of carbonyl (C=O) groups is 1. The Balaban J connectivity index is 2.29. The van der Waals surface area contributed by atoms with E-state index in [1.807, 2.05) is 74.5 Å². The predicted octanol–water partition coefficient (Wildman–Crippen LogP) is 4.11. The highest BCUT2D eigenvalue weighted by molar-refractivity contribution is 5.90. The van der Waals surface area contributed by atoms with Crippen molar-refractivity contribution >= 4 is 11.6 Å². The number of nitrogens with one attached hydrogen (secondary N) is 1. The van der Waals surface area contributed by atoms with Crippen LogP contribution in [0.25, 0.3) is 0 Å². The van der Waals surface area contributed by atoms with E-state index in [9.17, 15) is 4.79 Å². The van der Waals surface area contributed by atoms with Gasteiger partial charge in [0.1, 0.15) is 0 Å². The Labute approximate surface area is 132 Å². The summed E-state index contributed by atoms with van der Waals surface area (Å²) < 4.78 is 0. The van der Waals surface area contributed by atoms with Gasteiger partial charge in [0.15, 0.2) is 0 Å². The van der Waals surface area contributed by atoms with Gasteiger partial charge >= 0.3 is 0 Å². The van der Waals surface area contributed by atoms with Crippen LogP contribution < -0.4 is 5.43 Å².